The van der Waals surface area contributed by atoms with Crippen molar-refractivity contribution in [3.05, 3.63) is 0 Å². The standard InChI is InChI=1S/C9H19NS/c1-8(2)9(6-10)4-3-5-11-7-9/h8H,3-7,10H2,1-2H3. The van der Waals surface area contributed by atoms with Crippen molar-refractivity contribution in [2.24, 2.45) is 17.1 Å². The minimum atomic E-state index is 0.461. The highest BCUT2D eigenvalue weighted by Gasteiger charge is 2.33. The van der Waals surface area contributed by atoms with Gasteiger partial charge in [0.2, 0.25) is 0 Å². The van der Waals surface area contributed by atoms with Crippen LogP contribution >= 0.6 is 11.8 Å². The van der Waals surface area contributed by atoms with Crippen LogP contribution in [0, 0.1) is 11.3 Å². The fourth-order valence-electron chi connectivity index (χ4n) is 1.73. The van der Waals surface area contributed by atoms with Crippen molar-refractivity contribution in [3.8, 4) is 0 Å². The highest BCUT2D eigenvalue weighted by molar-refractivity contribution is 7.99. The van der Waals surface area contributed by atoms with Crippen LogP contribution in [0.15, 0.2) is 0 Å². The van der Waals surface area contributed by atoms with E-state index in [9.17, 15) is 0 Å². The van der Waals surface area contributed by atoms with E-state index in [-0.39, 0.29) is 0 Å². The van der Waals surface area contributed by atoms with Gasteiger partial charge >= 0.3 is 0 Å². The Balaban J connectivity index is 2.57. The van der Waals surface area contributed by atoms with Crippen LogP contribution in [0.2, 0.25) is 0 Å². The Morgan fingerprint density at radius 1 is 1.55 bits per heavy atom. The summed E-state index contributed by atoms with van der Waals surface area (Å²) in [7, 11) is 0. The summed E-state index contributed by atoms with van der Waals surface area (Å²) in [6, 6.07) is 0. The zero-order valence-corrected chi connectivity index (χ0v) is 8.41. The molecule has 1 rings (SSSR count). The lowest BCUT2D eigenvalue weighted by atomic mass is 9.75. The first kappa shape index (κ1) is 9.40. The van der Waals surface area contributed by atoms with Gasteiger partial charge < -0.3 is 5.73 Å². The molecule has 0 aromatic heterocycles. The van der Waals surface area contributed by atoms with Crippen LogP contribution in [-0.2, 0) is 0 Å². The molecule has 1 atom stereocenters. The summed E-state index contributed by atoms with van der Waals surface area (Å²) < 4.78 is 0. The van der Waals surface area contributed by atoms with Crippen molar-refractivity contribution in [3.63, 3.8) is 0 Å². The molecule has 1 aliphatic rings. The number of rotatable bonds is 2. The van der Waals surface area contributed by atoms with Crippen molar-refractivity contribution in [2.75, 3.05) is 18.1 Å². The second-order valence-corrected chi connectivity index (χ2v) is 4.98. The van der Waals surface area contributed by atoms with Gasteiger partial charge in [-0.3, -0.25) is 0 Å². The van der Waals surface area contributed by atoms with Gasteiger partial charge in [0.05, 0.1) is 0 Å². The Bertz CT molecular complexity index is 117. The minimum Gasteiger partial charge on any atom is -0.330 e. The van der Waals surface area contributed by atoms with Gasteiger partial charge in [-0.2, -0.15) is 11.8 Å². The predicted octanol–water partition coefficient (Wildman–Crippen LogP) is 2.11. The maximum atomic E-state index is 5.83. The molecule has 0 aromatic carbocycles. The maximum absolute atomic E-state index is 5.83. The molecule has 0 amide bonds. The van der Waals surface area contributed by atoms with Crippen LogP contribution in [-0.4, -0.2) is 18.1 Å². The largest absolute Gasteiger partial charge is 0.330 e. The molecule has 66 valence electrons. The average Bonchev–Trinajstić information content (AvgIpc) is 2.05. The van der Waals surface area contributed by atoms with Crippen molar-refractivity contribution in [1.29, 1.82) is 0 Å². The van der Waals surface area contributed by atoms with E-state index in [4.69, 9.17) is 5.73 Å². The molecule has 2 heteroatoms. The van der Waals surface area contributed by atoms with Gasteiger partial charge in [-0.25, -0.2) is 0 Å². The van der Waals surface area contributed by atoms with E-state index in [2.05, 4.69) is 25.6 Å². The molecule has 2 N–H and O–H groups in total. The van der Waals surface area contributed by atoms with Crippen molar-refractivity contribution < 1.29 is 0 Å². The second kappa shape index (κ2) is 3.81. The lowest BCUT2D eigenvalue weighted by Gasteiger charge is -2.39. The summed E-state index contributed by atoms with van der Waals surface area (Å²) >= 11 is 2.07. The number of nitrogens with two attached hydrogens (primary N) is 1. The van der Waals surface area contributed by atoms with E-state index in [1.165, 1.54) is 24.3 Å². The van der Waals surface area contributed by atoms with Gasteiger partial charge in [-0.15, -0.1) is 0 Å². The topological polar surface area (TPSA) is 26.0 Å². The Hall–Kier alpha value is 0.310. The molecular weight excluding hydrogens is 154 g/mol. The molecule has 0 aliphatic carbocycles. The molecule has 1 fully saturated rings. The molecule has 1 heterocycles. The molecule has 1 saturated heterocycles. The first-order valence-electron chi connectivity index (χ1n) is 4.49. The molecule has 1 nitrogen and oxygen atoms in total. The van der Waals surface area contributed by atoms with Crippen LogP contribution in [0.4, 0.5) is 0 Å². The minimum absolute atomic E-state index is 0.461. The zero-order valence-electron chi connectivity index (χ0n) is 7.60. The second-order valence-electron chi connectivity index (χ2n) is 3.88. The van der Waals surface area contributed by atoms with Crippen molar-refractivity contribution >= 4 is 11.8 Å². The van der Waals surface area contributed by atoms with Gasteiger partial charge in [-0.1, -0.05) is 13.8 Å². The number of hydrogen-bond acceptors (Lipinski definition) is 2. The molecule has 1 unspecified atom stereocenters. The van der Waals surface area contributed by atoms with Gasteiger partial charge in [0, 0.05) is 5.75 Å². The Morgan fingerprint density at radius 3 is 2.55 bits per heavy atom. The highest BCUT2D eigenvalue weighted by atomic mass is 32.2. The first-order chi connectivity index (χ1) is 5.21. The van der Waals surface area contributed by atoms with E-state index in [1.807, 2.05) is 0 Å². The maximum Gasteiger partial charge on any atom is 0.000373 e. The normalized spacial score (nSPS) is 32.7. The van der Waals surface area contributed by atoms with E-state index >= 15 is 0 Å². The van der Waals surface area contributed by atoms with Gasteiger partial charge in [0.15, 0.2) is 0 Å². The average molecular weight is 173 g/mol. The fourth-order valence-corrected chi connectivity index (χ4v) is 3.22. The third kappa shape index (κ3) is 1.91. The van der Waals surface area contributed by atoms with Crippen LogP contribution in [0.25, 0.3) is 0 Å². The lowest BCUT2D eigenvalue weighted by Crippen LogP contribution is -2.40. The van der Waals surface area contributed by atoms with Gasteiger partial charge in [0.25, 0.3) is 0 Å². The molecular formula is C9H19NS. The summed E-state index contributed by atoms with van der Waals surface area (Å²) in [4.78, 5) is 0. The van der Waals surface area contributed by atoms with Crippen molar-refractivity contribution in [2.45, 2.75) is 26.7 Å². The van der Waals surface area contributed by atoms with Crippen LogP contribution in [0.3, 0.4) is 0 Å². The Kier molecular flexibility index (Phi) is 3.26. The summed E-state index contributed by atoms with van der Waals surface area (Å²) in [5.41, 5.74) is 6.29. The first-order valence-corrected chi connectivity index (χ1v) is 5.64. The number of thioether (sulfide) groups is 1. The molecule has 0 spiro atoms. The van der Waals surface area contributed by atoms with E-state index < -0.39 is 0 Å². The van der Waals surface area contributed by atoms with E-state index in [0.717, 1.165) is 12.5 Å². The molecule has 0 aromatic rings. The molecule has 0 saturated carbocycles. The third-order valence-corrected chi connectivity index (χ3v) is 4.34. The van der Waals surface area contributed by atoms with Gasteiger partial charge in [-0.05, 0) is 36.5 Å². The summed E-state index contributed by atoms with van der Waals surface area (Å²) in [5.74, 6) is 3.37. The van der Waals surface area contributed by atoms with Crippen LogP contribution in [0.5, 0.6) is 0 Å². The predicted molar refractivity (Wildman–Crippen MR) is 52.9 cm³/mol. The summed E-state index contributed by atoms with van der Waals surface area (Å²) in [6.07, 6.45) is 2.70. The smallest absolute Gasteiger partial charge is 0.000373 e. The van der Waals surface area contributed by atoms with Crippen LogP contribution < -0.4 is 5.73 Å². The molecule has 1 aliphatic heterocycles. The fraction of sp³-hybridized carbons (Fsp3) is 1.00. The van der Waals surface area contributed by atoms with E-state index in [0.29, 0.717) is 5.41 Å². The van der Waals surface area contributed by atoms with Crippen LogP contribution in [0.1, 0.15) is 26.7 Å². The molecule has 11 heavy (non-hydrogen) atoms. The highest BCUT2D eigenvalue weighted by Crippen LogP contribution is 2.39. The van der Waals surface area contributed by atoms with Gasteiger partial charge in [0.1, 0.15) is 0 Å². The molecule has 0 radical (unpaired) electrons. The van der Waals surface area contributed by atoms with E-state index in [1.54, 1.807) is 0 Å². The summed E-state index contributed by atoms with van der Waals surface area (Å²) in [6.45, 7) is 5.48. The zero-order chi connectivity index (χ0) is 8.32. The molecule has 0 bridgehead atoms. The monoisotopic (exact) mass is 173 g/mol. The SMILES string of the molecule is CC(C)C1(CN)CCCSC1. The quantitative estimate of drug-likeness (QED) is 0.692. The third-order valence-electron chi connectivity index (χ3n) is 2.98. The Labute approximate surface area is 74.1 Å². The summed E-state index contributed by atoms with van der Waals surface area (Å²) in [5, 5.41) is 0. The number of hydrogen-bond donors (Lipinski definition) is 1. The van der Waals surface area contributed by atoms with Crippen molar-refractivity contribution in [1.82, 2.24) is 0 Å². The Morgan fingerprint density at radius 2 is 2.27 bits per heavy atom. The lowest BCUT2D eigenvalue weighted by molar-refractivity contribution is 0.210.